The van der Waals surface area contributed by atoms with Crippen LogP contribution in [0.4, 0.5) is 5.69 Å². The zero-order valence-corrected chi connectivity index (χ0v) is 17.3. The van der Waals surface area contributed by atoms with E-state index in [0.717, 1.165) is 29.2 Å². The molecule has 0 radical (unpaired) electrons. The second-order valence-corrected chi connectivity index (χ2v) is 7.70. The molecule has 0 saturated carbocycles. The third-order valence-electron chi connectivity index (χ3n) is 4.46. The number of carbonyl (C=O) groups excluding carboxylic acids is 1. The van der Waals surface area contributed by atoms with Crippen molar-refractivity contribution in [3.8, 4) is 17.1 Å². The molecule has 0 spiro atoms. The number of anilines is 1. The molecule has 1 unspecified atom stereocenters. The summed E-state index contributed by atoms with van der Waals surface area (Å²) in [4.78, 5) is 12.5. The van der Waals surface area contributed by atoms with Crippen molar-refractivity contribution >= 4 is 23.4 Å². The number of thioether (sulfide) groups is 1. The summed E-state index contributed by atoms with van der Waals surface area (Å²) in [5, 5.41) is 11.9. The number of hydrogen-bond acceptors (Lipinski definition) is 5. The van der Waals surface area contributed by atoms with Crippen LogP contribution in [0.25, 0.3) is 11.4 Å². The molecule has 1 N–H and O–H groups in total. The summed E-state index contributed by atoms with van der Waals surface area (Å²) in [7, 11) is 3.53. The summed E-state index contributed by atoms with van der Waals surface area (Å²) in [6.45, 7) is 3.97. The van der Waals surface area contributed by atoms with Crippen molar-refractivity contribution < 1.29 is 9.53 Å². The van der Waals surface area contributed by atoms with Crippen molar-refractivity contribution in [2.75, 3.05) is 12.4 Å². The van der Waals surface area contributed by atoms with Crippen molar-refractivity contribution in [1.29, 1.82) is 0 Å². The van der Waals surface area contributed by atoms with Crippen molar-refractivity contribution in [3.05, 3.63) is 54.1 Å². The molecule has 0 aliphatic carbocycles. The fraction of sp³-hybridized carbons (Fsp3) is 0.286. The van der Waals surface area contributed by atoms with E-state index in [1.54, 1.807) is 7.11 Å². The molecular weight excluding hydrogens is 372 g/mol. The lowest BCUT2D eigenvalue weighted by atomic mass is 10.1. The number of nitrogens with zero attached hydrogens (tertiary/aromatic N) is 3. The van der Waals surface area contributed by atoms with Crippen molar-refractivity contribution in [3.63, 3.8) is 0 Å². The minimum Gasteiger partial charge on any atom is -0.497 e. The number of rotatable bonds is 7. The summed E-state index contributed by atoms with van der Waals surface area (Å²) in [5.74, 6) is 1.47. The molecule has 6 nitrogen and oxygen atoms in total. The van der Waals surface area contributed by atoms with Gasteiger partial charge in [-0.1, -0.05) is 30.8 Å². The van der Waals surface area contributed by atoms with Gasteiger partial charge in [-0.05, 0) is 55.3 Å². The molecule has 146 valence electrons. The Morgan fingerprint density at radius 1 is 1.14 bits per heavy atom. The van der Waals surface area contributed by atoms with Gasteiger partial charge in [-0.25, -0.2) is 0 Å². The average molecular weight is 397 g/mol. The van der Waals surface area contributed by atoms with Gasteiger partial charge in [0.1, 0.15) is 5.75 Å². The molecule has 0 fully saturated rings. The molecule has 1 atom stereocenters. The Kier molecular flexibility index (Phi) is 6.36. The van der Waals surface area contributed by atoms with Crippen LogP contribution in [0, 0.1) is 0 Å². The fourth-order valence-corrected chi connectivity index (χ4v) is 3.50. The Bertz CT molecular complexity index is 936. The molecule has 1 heterocycles. The van der Waals surface area contributed by atoms with E-state index in [9.17, 15) is 4.79 Å². The summed E-state index contributed by atoms with van der Waals surface area (Å²) >= 11 is 1.38. The highest BCUT2D eigenvalue weighted by Crippen LogP contribution is 2.27. The number of aryl methyl sites for hydroxylation is 1. The third-order valence-corrected chi connectivity index (χ3v) is 5.60. The summed E-state index contributed by atoms with van der Waals surface area (Å²) in [6, 6.07) is 15.6. The number of benzene rings is 2. The highest BCUT2D eigenvalue weighted by molar-refractivity contribution is 8.00. The molecule has 1 amide bonds. The Morgan fingerprint density at radius 3 is 2.43 bits per heavy atom. The van der Waals surface area contributed by atoms with Gasteiger partial charge in [-0.2, -0.15) is 0 Å². The van der Waals surface area contributed by atoms with Crippen LogP contribution in [0.2, 0.25) is 0 Å². The van der Waals surface area contributed by atoms with Gasteiger partial charge < -0.3 is 14.6 Å². The van der Waals surface area contributed by atoms with Crippen molar-refractivity contribution in [2.45, 2.75) is 30.7 Å². The molecule has 28 heavy (non-hydrogen) atoms. The van der Waals surface area contributed by atoms with E-state index in [0.29, 0.717) is 5.16 Å². The first kappa shape index (κ1) is 19.9. The first-order chi connectivity index (χ1) is 13.5. The predicted molar refractivity (Wildman–Crippen MR) is 113 cm³/mol. The van der Waals surface area contributed by atoms with Crippen LogP contribution in [0.15, 0.2) is 53.7 Å². The molecular formula is C21H24N4O2S. The standard InChI is InChI=1S/C21H24N4O2S/c1-5-15-6-10-17(11-7-15)22-20(26)14(2)28-21-24-23-19(25(21)3)16-8-12-18(27-4)13-9-16/h6-14H,5H2,1-4H3,(H,22,26). The maximum absolute atomic E-state index is 12.5. The number of aromatic nitrogens is 3. The van der Waals surface area contributed by atoms with Gasteiger partial charge in [0.25, 0.3) is 0 Å². The number of hydrogen-bond donors (Lipinski definition) is 1. The first-order valence-corrected chi connectivity index (χ1v) is 10.00. The maximum atomic E-state index is 12.5. The summed E-state index contributed by atoms with van der Waals surface area (Å²) in [6.07, 6.45) is 0.975. The minimum atomic E-state index is -0.308. The Hall–Kier alpha value is -2.80. The Balaban J connectivity index is 1.67. The summed E-state index contributed by atoms with van der Waals surface area (Å²) in [5.41, 5.74) is 2.98. The van der Waals surface area contributed by atoms with Gasteiger partial charge in [0.15, 0.2) is 11.0 Å². The van der Waals surface area contributed by atoms with Gasteiger partial charge in [0.2, 0.25) is 5.91 Å². The van der Waals surface area contributed by atoms with Crippen molar-refractivity contribution in [2.24, 2.45) is 7.05 Å². The molecule has 3 rings (SSSR count). The second-order valence-electron chi connectivity index (χ2n) is 6.39. The van der Waals surface area contributed by atoms with Gasteiger partial charge in [0, 0.05) is 18.3 Å². The molecule has 1 aromatic heterocycles. The highest BCUT2D eigenvalue weighted by atomic mass is 32.2. The zero-order chi connectivity index (χ0) is 20.1. The lowest BCUT2D eigenvalue weighted by molar-refractivity contribution is -0.115. The minimum absolute atomic E-state index is 0.0664. The first-order valence-electron chi connectivity index (χ1n) is 9.12. The van der Waals surface area contributed by atoms with Crippen LogP contribution in [-0.4, -0.2) is 33.0 Å². The molecule has 2 aromatic carbocycles. The number of ether oxygens (including phenoxy) is 1. The number of nitrogens with one attached hydrogen (secondary N) is 1. The molecule has 7 heteroatoms. The quantitative estimate of drug-likeness (QED) is 0.607. The monoisotopic (exact) mass is 396 g/mol. The van der Waals surface area contributed by atoms with E-state index < -0.39 is 0 Å². The van der Waals surface area contributed by atoms with Gasteiger partial charge in [-0.15, -0.1) is 10.2 Å². The smallest absolute Gasteiger partial charge is 0.237 e. The molecule has 0 aliphatic rings. The van der Waals surface area contributed by atoms with E-state index in [1.165, 1.54) is 17.3 Å². The van der Waals surface area contributed by atoms with E-state index in [1.807, 2.05) is 67.1 Å². The van der Waals surface area contributed by atoms with Crippen LogP contribution < -0.4 is 10.1 Å². The highest BCUT2D eigenvalue weighted by Gasteiger charge is 2.19. The van der Waals surface area contributed by atoms with Crippen molar-refractivity contribution in [1.82, 2.24) is 14.8 Å². The van der Waals surface area contributed by atoms with Gasteiger partial charge >= 0.3 is 0 Å². The molecule has 0 bridgehead atoms. The second kappa shape index (κ2) is 8.93. The van der Waals surface area contributed by atoms with E-state index in [4.69, 9.17) is 4.74 Å². The normalized spacial score (nSPS) is 11.9. The average Bonchev–Trinajstić information content (AvgIpc) is 3.08. The summed E-state index contributed by atoms with van der Waals surface area (Å²) < 4.78 is 7.08. The van der Waals surface area contributed by atoms with Crippen LogP contribution in [0.3, 0.4) is 0 Å². The SMILES string of the molecule is CCc1ccc(NC(=O)C(C)Sc2nnc(-c3ccc(OC)cc3)n2C)cc1. The lowest BCUT2D eigenvalue weighted by Crippen LogP contribution is -2.22. The zero-order valence-electron chi connectivity index (χ0n) is 16.5. The predicted octanol–water partition coefficient (Wildman–Crippen LogP) is 4.17. The molecule has 3 aromatic rings. The number of amides is 1. The Labute approximate surface area is 169 Å². The van der Waals surface area contributed by atoms with E-state index in [-0.39, 0.29) is 11.2 Å². The number of methoxy groups -OCH3 is 1. The largest absolute Gasteiger partial charge is 0.497 e. The molecule has 0 saturated heterocycles. The lowest BCUT2D eigenvalue weighted by Gasteiger charge is -2.12. The van der Waals surface area contributed by atoms with Crippen LogP contribution in [0.1, 0.15) is 19.4 Å². The topological polar surface area (TPSA) is 69.0 Å². The number of carbonyl (C=O) groups is 1. The third kappa shape index (κ3) is 4.54. The molecule has 0 aliphatic heterocycles. The maximum Gasteiger partial charge on any atom is 0.237 e. The fourth-order valence-electron chi connectivity index (χ4n) is 2.69. The van der Waals surface area contributed by atoms with Crippen LogP contribution >= 0.6 is 11.8 Å². The van der Waals surface area contributed by atoms with E-state index in [2.05, 4.69) is 22.4 Å². The van der Waals surface area contributed by atoms with Gasteiger partial charge in [-0.3, -0.25) is 4.79 Å². The van der Waals surface area contributed by atoms with E-state index >= 15 is 0 Å². The Morgan fingerprint density at radius 2 is 1.82 bits per heavy atom. The van der Waals surface area contributed by atoms with Crippen LogP contribution in [-0.2, 0) is 18.3 Å². The van der Waals surface area contributed by atoms with Gasteiger partial charge in [0.05, 0.1) is 12.4 Å². The van der Waals surface area contributed by atoms with Crippen LogP contribution in [0.5, 0.6) is 5.75 Å².